The van der Waals surface area contributed by atoms with Crippen molar-refractivity contribution < 1.29 is 0 Å². The second kappa shape index (κ2) is 8.70. The molecule has 0 bridgehead atoms. The Labute approximate surface area is 131 Å². The van der Waals surface area contributed by atoms with Crippen molar-refractivity contribution in [3.63, 3.8) is 0 Å². The standard InChI is InChI=1S/2C7H8S.Mg/c2*1-6-4-2-3-5-7(6)8;/h2*2-5,8H,1H3;/q;;+2/p-2. The third kappa shape index (κ3) is 6.22. The van der Waals surface area contributed by atoms with E-state index in [0.717, 1.165) is 9.79 Å². The van der Waals surface area contributed by atoms with Crippen molar-refractivity contribution in [3.8, 4) is 0 Å². The molecule has 17 heavy (non-hydrogen) atoms. The van der Waals surface area contributed by atoms with E-state index in [1.54, 1.807) is 0 Å². The van der Waals surface area contributed by atoms with Crippen LogP contribution in [0.25, 0.3) is 0 Å². The second-order valence-corrected chi connectivity index (χ2v) is 4.41. The van der Waals surface area contributed by atoms with Crippen LogP contribution in [0.4, 0.5) is 0 Å². The first-order chi connectivity index (χ1) is 7.61. The summed E-state index contributed by atoms with van der Waals surface area (Å²) in [5.41, 5.74) is 2.37. The largest absolute Gasteiger partial charge is 2.00 e. The zero-order valence-corrected chi connectivity index (χ0v) is 13.2. The minimum absolute atomic E-state index is 0. The summed E-state index contributed by atoms with van der Waals surface area (Å²) in [5.74, 6) is 0. The molecular weight excluding hydrogens is 257 g/mol. The average molecular weight is 271 g/mol. The van der Waals surface area contributed by atoms with Crippen molar-refractivity contribution in [2.45, 2.75) is 23.6 Å². The van der Waals surface area contributed by atoms with Gasteiger partial charge in [-0.2, -0.15) is 9.79 Å². The van der Waals surface area contributed by atoms with E-state index >= 15 is 0 Å². The smallest absolute Gasteiger partial charge is 0.779 e. The Kier molecular flexibility index (Phi) is 8.51. The Morgan fingerprint density at radius 2 is 0.941 bits per heavy atom. The normalized spacial score (nSPS) is 8.59. The van der Waals surface area contributed by atoms with Gasteiger partial charge in [-0.15, -0.1) is 0 Å². The van der Waals surface area contributed by atoms with Crippen LogP contribution in [0.5, 0.6) is 0 Å². The molecule has 0 N–H and O–H groups in total. The van der Waals surface area contributed by atoms with Crippen molar-refractivity contribution in [3.05, 3.63) is 59.7 Å². The van der Waals surface area contributed by atoms with E-state index in [0.29, 0.717) is 0 Å². The molecule has 0 saturated heterocycles. The predicted octanol–water partition coefficient (Wildman–Crippen LogP) is 3.42. The summed E-state index contributed by atoms with van der Waals surface area (Å²) < 4.78 is 0. The van der Waals surface area contributed by atoms with Crippen molar-refractivity contribution >= 4 is 48.3 Å². The van der Waals surface area contributed by atoms with Gasteiger partial charge < -0.3 is 25.3 Å². The minimum atomic E-state index is 0. The van der Waals surface area contributed by atoms with E-state index in [2.05, 4.69) is 0 Å². The summed E-state index contributed by atoms with van der Waals surface area (Å²) in [4.78, 5) is 1.90. The summed E-state index contributed by atoms with van der Waals surface area (Å²) in [6, 6.07) is 15.8. The summed E-state index contributed by atoms with van der Waals surface area (Å²) in [6.07, 6.45) is 0. The second-order valence-electron chi connectivity index (χ2n) is 3.53. The molecule has 0 aromatic heterocycles. The molecule has 2 rings (SSSR count). The zero-order chi connectivity index (χ0) is 12.0. The Hall–Kier alpha value is -0.354. The SMILES string of the molecule is Cc1ccccc1[S-].Cc1ccccc1[S-].[Mg+2]. The van der Waals surface area contributed by atoms with Gasteiger partial charge in [0.05, 0.1) is 0 Å². The van der Waals surface area contributed by atoms with E-state index in [4.69, 9.17) is 25.3 Å². The fraction of sp³-hybridized carbons (Fsp3) is 0.143. The molecule has 0 aliphatic heterocycles. The topological polar surface area (TPSA) is 0 Å². The maximum absolute atomic E-state index is 4.95. The quantitative estimate of drug-likeness (QED) is 0.531. The van der Waals surface area contributed by atoms with Crippen LogP contribution in [0.15, 0.2) is 58.3 Å². The molecule has 0 aliphatic carbocycles. The van der Waals surface area contributed by atoms with E-state index in [9.17, 15) is 0 Å². The fourth-order valence-corrected chi connectivity index (χ4v) is 1.41. The van der Waals surface area contributed by atoms with Gasteiger partial charge in [0.15, 0.2) is 0 Å². The van der Waals surface area contributed by atoms with Crippen LogP contribution < -0.4 is 0 Å². The number of hydrogen-bond donors (Lipinski definition) is 0. The van der Waals surface area contributed by atoms with Crippen LogP contribution in [0.2, 0.25) is 0 Å². The fourth-order valence-electron chi connectivity index (χ4n) is 1.11. The van der Waals surface area contributed by atoms with Crippen LogP contribution in [0, 0.1) is 13.8 Å². The van der Waals surface area contributed by atoms with Crippen LogP contribution in [-0.4, -0.2) is 23.1 Å². The molecule has 0 saturated carbocycles. The van der Waals surface area contributed by atoms with Crippen molar-refractivity contribution in [2.75, 3.05) is 0 Å². The van der Waals surface area contributed by atoms with Crippen molar-refractivity contribution in [1.82, 2.24) is 0 Å². The average Bonchev–Trinajstić information content (AvgIpc) is 2.28. The monoisotopic (exact) mass is 270 g/mol. The maximum atomic E-state index is 4.95. The molecule has 0 amide bonds. The van der Waals surface area contributed by atoms with Gasteiger partial charge in [0, 0.05) is 0 Å². The molecule has 0 fully saturated rings. The Morgan fingerprint density at radius 3 is 1.12 bits per heavy atom. The molecule has 0 unspecified atom stereocenters. The molecule has 0 nitrogen and oxygen atoms in total. The first-order valence-electron chi connectivity index (χ1n) is 5.06. The van der Waals surface area contributed by atoms with Gasteiger partial charge in [0.1, 0.15) is 0 Å². The number of aryl methyl sites for hydroxylation is 2. The van der Waals surface area contributed by atoms with Gasteiger partial charge in [-0.25, -0.2) is 0 Å². The molecule has 0 radical (unpaired) electrons. The minimum Gasteiger partial charge on any atom is -0.779 e. The molecule has 0 aliphatic rings. The number of hydrogen-bond acceptors (Lipinski definition) is 2. The van der Waals surface area contributed by atoms with Gasteiger partial charge in [-0.1, -0.05) is 59.7 Å². The summed E-state index contributed by atoms with van der Waals surface area (Å²) in [7, 11) is 0. The molecule has 0 heterocycles. The molecule has 84 valence electrons. The molecule has 0 spiro atoms. The van der Waals surface area contributed by atoms with Crippen LogP contribution in [0.3, 0.4) is 0 Å². The van der Waals surface area contributed by atoms with Crippen LogP contribution in [0.1, 0.15) is 11.1 Å². The Balaban J connectivity index is 0.000000284. The number of benzene rings is 2. The third-order valence-electron chi connectivity index (χ3n) is 2.19. The van der Waals surface area contributed by atoms with E-state index in [1.165, 1.54) is 11.1 Å². The Bertz CT molecular complexity index is 370. The Morgan fingerprint density at radius 1 is 0.647 bits per heavy atom. The molecule has 2 aromatic rings. The van der Waals surface area contributed by atoms with Gasteiger partial charge in [-0.05, 0) is 13.8 Å². The van der Waals surface area contributed by atoms with Gasteiger partial charge in [0.25, 0.3) is 0 Å². The van der Waals surface area contributed by atoms with Gasteiger partial charge >= 0.3 is 23.1 Å². The first-order valence-corrected chi connectivity index (χ1v) is 5.88. The van der Waals surface area contributed by atoms with E-state index in [1.807, 2.05) is 62.4 Å². The van der Waals surface area contributed by atoms with Gasteiger partial charge in [-0.3, -0.25) is 0 Å². The molecular formula is C14H14MgS2. The number of rotatable bonds is 0. The summed E-state index contributed by atoms with van der Waals surface area (Å²) in [5, 5.41) is 0. The molecule has 3 heteroatoms. The van der Waals surface area contributed by atoms with Crippen molar-refractivity contribution in [2.24, 2.45) is 0 Å². The van der Waals surface area contributed by atoms with E-state index < -0.39 is 0 Å². The molecule has 0 atom stereocenters. The van der Waals surface area contributed by atoms with E-state index in [-0.39, 0.29) is 23.1 Å². The first kappa shape index (κ1) is 16.6. The maximum Gasteiger partial charge on any atom is 2.00 e. The zero-order valence-electron chi connectivity index (χ0n) is 10.1. The predicted molar refractivity (Wildman–Crippen MR) is 79.4 cm³/mol. The van der Waals surface area contributed by atoms with Crippen molar-refractivity contribution in [1.29, 1.82) is 0 Å². The summed E-state index contributed by atoms with van der Waals surface area (Å²) in [6.45, 7) is 4.03. The van der Waals surface area contributed by atoms with Gasteiger partial charge in [0.2, 0.25) is 0 Å². The summed E-state index contributed by atoms with van der Waals surface area (Å²) >= 11 is 9.91. The third-order valence-corrected chi connectivity index (χ3v) is 3.10. The van der Waals surface area contributed by atoms with Crippen LogP contribution in [-0.2, 0) is 25.3 Å². The molecule has 2 aromatic carbocycles. The van der Waals surface area contributed by atoms with Crippen LogP contribution >= 0.6 is 0 Å².